The standard InChI is InChI=1S/C21H26F3N3O3/c1-12(2)16(10-13-5-7-14(8-6-13)21(22,23)24)17(28)25-11-15-4-3-9-20(15)18(29)26-19(30)27-20/h5-8,12,15-16H,3-4,9-11H2,1-2H3,(H,25,28)(H2,26,27,29,30). The van der Waals surface area contributed by atoms with Gasteiger partial charge in [-0.25, -0.2) is 4.79 Å². The van der Waals surface area contributed by atoms with Crippen molar-refractivity contribution in [2.24, 2.45) is 17.8 Å². The summed E-state index contributed by atoms with van der Waals surface area (Å²) < 4.78 is 38.2. The van der Waals surface area contributed by atoms with E-state index in [1.807, 2.05) is 13.8 Å². The predicted molar refractivity (Wildman–Crippen MR) is 103 cm³/mol. The maximum atomic E-state index is 12.8. The fourth-order valence-electron chi connectivity index (χ4n) is 4.39. The minimum Gasteiger partial charge on any atom is -0.355 e. The number of halogens is 3. The molecule has 1 aromatic carbocycles. The first kappa shape index (κ1) is 22.1. The van der Waals surface area contributed by atoms with Gasteiger partial charge in [0.1, 0.15) is 5.54 Å². The van der Waals surface area contributed by atoms with Gasteiger partial charge in [-0.1, -0.05) is 32.4 Å². The van der Waals surface area contributed by atoms with Crippen molar-refractivity contribution in [3.63, 3.8) is 0 Å². The minimum atomic E-state index is -4.40. The Morgan fingerprint density at radius 1 is 1.23 bits per heavy atom. The van der Waals surface area contributed by atoms with Gasteiger partial charge < -0.3 is 10.6 Å². The van der Waals surface area contributed by atoms with Gasteiger partial charge >= 0.3 is 12.2 Å². The third-order valence-corrected chi connectivity index (χ3v) is 6.19. The second-order valence-corrected chi connectivity index (χ2v) is 8.46. The molecule has 0 aromatic heterocycles. The number of hydrogen-bond acceptors (Lipinski definition) is 3. The number of imide groups is 1. The third kappa shape index (κ3) is 4.44. The molecule has 1 aliphatic heterocycles. The molecule has 1 heterocycles. The Kier molecular flexibility index (Phi) is 6.10. The highest BCUT2D eigenvalue weighted by atomic mass is 19.4. The highest BCUT2D eigenvalue weighted by molar-refractivity contribution is 6.07. The Labute approximate surface area is 173 Å². The van der Waals surface area contributed by atoms with Gasteiger partial charge in [0, 0.05) is 18.4 Å². The first-order valence-corrected chi connectivity index (χ1v) is 10.1. The molecule has 164 valence electrons. The third-order valence-electron chi connectivity index (χ3n) is 6.19. The van der Waals surface area contributed by atoms with Gasteiger partial charge in [0.2, 0.25) is 5.91 Å². The van der Waals surface area contributed by atoms with Gasteiger partial charge in [0.25, 0.3) is 5.91 Å². The molecule has 3 rings (SSSR count). The molecule has 9 heteroatoms. The van der Waals surface area contributed by atoms with E-state index in [1.54, 1.807) is 0 Å². The SMILES string of the molecule is CC(C)C(Cc1ccc(C(F)(F)F)cc1)C(=O)NCC1CCCC12NC(=O)NC2=O. The molecule has 6 nitrogen and oxygen atoms in total. The zero-order chi connectivity index (χ0) is 22.1. The second kappa shape index (κ2) is 8.28. The van der Waals surface area contributed by atoms with Gasteiger partial charge in [0.05, 0.1) is 5.56 Å². The summed E-state index contributed by atoms with van der Waals surface area (Å²) in [6.07, 6.45) is -2.07. The Morgan fingerprint density at radius 2 is 1.90 bits per heavy atom. The van der Waals surface area contributed by atoms with Crippen LogP contribution in [0.4, 0.5) is 18.0 Å². The van der Waals surface area contributed by atoms with E-state index in [0.717, 1.165) is 18.6 Å². The maximum absolute atomic E-state index is 12.8. The molecular weight excluding hydrogens is 399 g/mol. The molecular formula is C21H26F3N3O3. The molecule has 2 aliphatic rings. The highest BCUT2D eigenvalue weighted by Crippen LogP contribution is 2.37. The monoisotopic (exact) mass is 425 g/mol. The molecule has 1 aliphatic carbocycles. The van der Waals surface area contributed by atoms with Crippen LogP contribution in [0.3, 0.4) is 0 Å². The quantitative estimate of drug-likeness (QED) is 0.613. The lowest BCUT2D eigenvalue weighted by Crippen LogP contribution is -2.53. The van der Waals surface area contributed by atoms with E-state index >= 15 is 0 Å². The van der Waals surface area contributed by atoms with E-state index in [-0.39, 0.29) is 30.2 Å². The van der Waals surface area contributed by atoms with Crippen molar-refractivity contribution in [2.45, 2.75) is 51.2 Å². The van der Waals surface area contributed by atoms with Crippen LogP contribution in [0.5, 0.6) is 0 Å². The zero-order valence-corrected chi connectivity index (χ0v) is 16.9. The molecule has 3 N–H and O–H groups in total. The molecule has 3 unspecified atom stereocenters. The molecule has 0 radical (unpaired) electrons. The molecule has 2 fully saturated rings. The average Bonchev–Trinajstić information content (AvgIpc) is 3.19. The normalized spacial score (nSPS) is 24.8. The maximum Gasteiger partial charge on any atom is 0.416 e. The predicted octanol–water partition coefficient (Wildman–Crippen LogP) is 3.01. The van der Waals surface area contributed by atoms with Crippen molar-refractivity contribution >= 4 is 17.8 Å². The highest BCUT2D eigenvalue weighted by Gasteiger charge is 2.54. The topological polar surface area (TPSA) is 87.3 Å². The van der Waals surface area contributed by atoms with Crippen LogP contribution in [0, 0.1) is 17.8 Å². The fraction of sp³-hybridized carbons (Fsp3) is 0.571. The average molecular weight is 425 g/mol. The first-order valence-electron chi connectivity index (χ1n) is 10.1. The molecule has 3 atom stereocenters. The van der Waals surface area contributed by atoms with E-state index in [1.165, 1.54) is 12.1 Å². The molecule has 1 saturated carbocycles. The number of amides is 4. The van der Waals surface area contributed by atoms with Crippen LogP contribution < -0.4 is 16.0 Å². The van der Waals surface area contributed by atoms with Crippen LogP contribution in [0.15, 0.2) is 24.3 Å². The number of urea groups is 1. The van der Waals surface area contributed by atoms with Crippen molar-refractivity contribution in [1.82, 2.24) is 16.0 Å². The fourth-order valence-corrected chi connectivity index (χ4v) is 4.39. The van der Waals surface area contributed by atoms with Gasteiger partial charge in [-0.3, -0.25) is 14.9 Å². The Hall–Kier alpha value is -2.58. The van der Waals surface area contributed by atoms with Gasteiger partial charge in [-0.2, -0.15) is 13.2 Å². The van der Waals surface area contributed by atoms with Crippen LogP contribution in [-0.2, 0) is 22.2 Å². The van der Waals surface area contributed by atoms with Crippen LogP contribution in [0.2, 0.25) is 0 Å². The van der Waals surface area contributed by atoms with Crippen molar-refractivity contribution in [3.8, 4) is 0 Å². The van der Waals surface area contributed by atoms with E-state index in [2.05, 4.69) is 16.0 Å². The largest absolute Gasteiger partial charge is 0.416 e. The van der Waals surface area contributed by atoms with Crippen molar-refractivity contribution in [2.75, 3.05) is 6.54 Å². The summed E-state index contributed by atoms with van der Waals surface area (Å²) in [4.78, 5) is 36.7. The van der Waals surface area contributed by atoms with Gasteiger partial charge in [0.15, 0.2) is 0 Å². The van der Waals surface area contributed by atoms with Crippen LogP contribution >= 0.6 is 0 Å². The molecule has 1 saturated heterocycles. The number of carbonyl (C=O) groups is 3. The van der Waals surface area contributed by atoms with Crippen molar-refractivity contribution < 1.29 is 27.6 Å². The zero-order valence-electron chi connectivity index (χ0n) is 16.9. The summed E-state index contributed by atoms with van der Waals surface area (Å²) in [5.74, 6) is -1.22. The van der Waals surface area contributed by atoms with Crippen molar-refractivity contribution in [1.29, 1.82) is 0 Å². The Balaban J connectivity index is 1.63. The summed E-state index contributed by atoms with van der Waals surface area (Å²) in [6, 6.07) is 4.33. The summed E-state index contributed by atoms with van der Waals surface area (Å²) in [6.45, 7) is 4.02. The van der Waals surface area contributed by atoms with E-state index < -0.39 is 29.2 Å². The number of rotatable bonds is 6. The van der Waals surface area contributed by atoms with Crippen LogP contribution in [0.25, 0.3) is 0 Å². The minimum absolute atomic E-state index is 0.0284. The number of alkyl halides is 3. The first-order chi connectivity index (χ1) is 14.0. The second-order valence-electron chi connectivity index (χ2n) is 8.46. The Morgan fingerprint density at radius 3 is 2.43 bits per heavy atom. The lowest BCUT2D eigenvalue weighted by Gasteiger charge is -2.29. The Bertz CT molecular complexity index is 823. The van der Waals surface area contributed by atoms with Crippen LogP contribution in [0.1, 0.15) is 44.2 Å². The number of nitrogens with one attached hydrogen (secondary N) is 3. The summed E-state index contributed by atoms with van der Waals surface area (Å²) >= 11 is 0. The van der Waals surface area contributed by atoms with Gasteiger partial charge in [-0.05, 0) is 42.9 Å². The van der Waals surface area contributed by atoms with E-state index in [4.69, 9.17) is 0 Å². The summed E-state index contributed by atoms with van der Waals surface area (Å²) in [7, 11) is 0. The van der Waals surface area contributed by atoms with E-state index in [0.29, 0.717) is 24.8 Å². The summed E-state index contributed by atoms with van der Waals surface area (Å²) in [5, 5.41) is 7.89. The number of benzene rings is 1. The molecule has 0 bridgehead atoms. The molecule has 1 aromatic rings. The van der Waals surface area contributed by atoms with Gasteiger partial charge in [-0.15, -0.1) is 0 Å². The smallest absolute Gasteiger partial charge is 0.355 e. The van der Waals surface area contributed by atoms with Crippen molar-refractivity contribution in [3.05, 3.63) is 35.4 Å². The number of carbonyl (C=O) groups excluding carboxylic acids is 3. The summed E-state index contributed by atoms with van der Waals surface area (Å²) in [5.41, 5.74) is -1.04. The van der Waals surface area contributed by atoms with E-state index in [9.17, 15) is 27.6 Å². The molecule has 30 heavy (non-hydrogen) atoms. The number of hydrogen-bond donors (Lipinski definition) is 3. The molecule has 1 spiro atoms. The van der Waals surface area contributed by atoms with Crippen LogP contribution in [-0.4, -0.2) is 29.9 Å². The molecule has 4 amide bonds. The lowest BCUT2D eigenvalue weighted by atomic mass is 9.85. The lowest BCUT2D eigenvalue weighted by molar-refractivity contribution is -0.137.